The van der Waals surface area contributed by atoms with Gasteiger partial charge in [0.05, 0.1) is 6.10 Å². The SMILES string of the molecule is CC1CC2=CC(O)CCC2C2CCC3(C)C(=O)CCC3C12. The van der Waals surface area contributed by atoms with E-state index in [-0.39, 0.29) is 11.5 Å². The highest BCUT2D eigenvalue weighted by atomic mass is 16.3. The Balaban J connectivity index is 1.68. The zero-order valence-corrected chi connectivity index (χ0v) is 13.3. The Labute approximate surface area is 128 Å². The number of carbonyl (C=O) groups is 1. The fourth-order valence-corrected chi connectivity index (χ4v) is 6.49. The molecule has 0 amide bonds. The van der Waals surface area contributed by atoms with Crippen molar-refractivity contribution >= 4 is 5.78 Å². The van der Waals surface area contributed by atoms with Gasteiger partial charge in [-0.05, 0) is 68.1 Å². The number of carbonyl (C=O) groups excluding carboxylic acids is 1. The van der Waals surface area contributed by atoms with Gasteiger partial charge < -0.3 is 5.11 Å². The number of hydrogen-bond donors (Lipinski definition) is 1. The van der Waals surface area contributed by atoms with E-state index in [9.17, 15) is 9.90 Å². The molecule has 4 aliphatic rings. The van der Waals surface area contributed by atoms with Crippen molar-refractivity contribution in [2.45, 2.75) is 64.9 Å². The summed E-state index contributed by atoms with van der Waals surface area (Å²) in [6.45, 7) is 4.65. The van der Waals surface area contributed by atoms with Crippen LogP contribution >= 0.6 is 0 Å². The smallest absolute Gasteiger partial charge is 0.139 e. The lowest BCUT2D eigenvalue weighted by molar-refractivity contribution is -0.132. The highest BCUT2D eigenvalue weighted by Gasteiger charge is 2.57. The molecule has 0 saturated heterocycles. The molecular formula is C19H28O2. The fraction of sp³-hybridized carbons (Fsp3) is 0.842. The average Bonchev–Trinajstić information content (AvgIpc) is 2.74. The van der Waals surface area contributed by atoms with Crippen molar-refractivity contribution < 1.29 is 9.90 Å². The summed E-state index contributed by atoms with van der Waals surface area (Å²) in [6, 6.07) is 0. The maximum absolute atomic E-state index is 12.4. The molecule has 7 unspecified atom stereocenters. The number of hydrogen-bond acceptors (Lipinski definition) is 2. The molecule has 21 heavy (non-hydrogen) atoms. The van der Waals surface area contributed by atoms with Crippen molar-refractivity contribution in [3.63, 3.8) is 0 Å². The fourth-order valence-electron chi connectivity index (χ4n) is 6.49. The molecule has 2 heteroatoms. The van der Waals surface area contributed by atoms with Gasteiger partial charge in [-0.2, -0.15) is 0 Å². The minimum absolute atomic E-state index is 0.00910. The maximum Gasteiger partial charge on any atom is 0.139 e. The van der Waals surface area contributed by atoms with E-state index in [2.05, 4.69) is 19.9 Å². The molecule has 4 aliphatic carbocycles. The Kier molecular flexibility index (Phi) is 3.12. The van der Waals surface area contributed by atoms with Gasteiger partial charge in [-0.15, -0.1) is 0 Å². The molecule has 0 aliphatic heterocycles. The van der Waals surface area contributed by atoms with Gasteiger partial charge in [0, 0.05) is 11.8 Å². The molecule has 0 spiro atoms. The van der Waals surface area contributed by atoms with Crippen molar-refractivity contribution in [1.29, 1.82) is 0 Å². The summed E-state index contributed by atoms with van der Waals surface area (Å²) in [5.41, 5.74) is 1.53. The quantitative estimate of drug-likeness (QED) is 0.690. The van der Waals surface area contributed by atoms with Crippen molar-refractivity contribution in [2.24, 2.45) is 35.0 Å². The monoisotopic (exact) mass is 288 g/mol. The molecule has 0 aromatic heterocycles. The van der Waals surface area contributed by atoms with Crippen LogP contribution in [0, 0.1) is 35.0 Å². The summed E-state index contributed by atoms with van der Waals surface area (Å²) >= 11 is 0. The summed E-state index contributed by atoms with van der Waals surface area (Å²) in [5, 5.41) is 9.94. The third-order valence-electron chi connectivity index (χ3n) is 7.48. The van der Waals surface area contributed by atoms with Crippen LogP contribution in [0.15, 0.2) is 11.6 Å². The van der Waals surface area contributed by atoms with Crippen molar-refractivity contribution in [3.8, 4) is 0 Å². The first-order valence-electron chi connectivity index (χ1n) is 8.92. The van der Waals surface area contributed by atoms with Gasteiger partial charge in [-0.1, -0.05) is 25.5 Å². The summed E-state index contributed by atoms with van der Waals surface area (Å²) in [7, 11) is 0. The number of rotatable bonds is 0. The summed E-state index contributed by atoms with van der Waals surface area (Å²) in [5.74, 6) is 4.07. The van der Waals surface area contributed by atoms with E-state index in [1.54, 1.807) is 0 Å². The van der Waals surface area contributed by atoms with Crippen LogP contribution in [0.5, 0.6) is 0 Å². The summed E-state index contributed by atoms with van der Waals surface area (Å²) < 4.78 is 0. The number of aliphatic hydroxyl groups excluding tert-OH is 1. The third kappa shape index (κ3) is 1.91. The zero-order chi connectivity index (χ0) is 14.8. The van der Waals surface area contributed by atoms with Crippen LogP contribution < -0.4 is 0 Å². The molecule has 3 saturated carbocycles. The standard InChI is InChI=1S/C19H28O2/c1-11-9-12-10-13(20)3-4-14(12)15-7-8-19(2)16(18(11)15)5-6-17(19)21/h10-11,13-16,18,20H,3-9H2,1-2H3. The first-order valence-corrected chi connectivity index (χ1v) is 8.92. The Hall–Kier alpha value is -0.630. The molecule has 116 valence electrons. The maximum atomic E-state index is 12.4. The molecular weight excluding hydrogens is 260 g/mol. The number of aliphatic hydroxyl groups is 1. The van der Waals surface area contributed by atoms with Crippen molar-refractivity contribution in [1.82, 2.24) is 0 Å². The van der Waals surface area contributed by atoms with Crippen LogP contribution in [-0.4, -0.2) is 17.0 Å². The van der Waals surface area contributed by atoms with E-state index in [4.69, 9.17) is 0 Å². The lowest BCUT2D eigenvalue weighted by Gasteiger charge is -2.54. The predicted octanol–water partition coefficient (Wildman–Crippen LogP) is 3.74. The van der Waals surface area contributed by atoms with Crippen LogP contribution in [0.25, 0.3) is 0 Å². The second kappa shape index (κ2) is 4.68. The van der Waals surface area contributed by atoms with Gasteiger partial charge in [-0.3, -0.25) is 4.79 Å². The van der Waals surface area contributed by atoms with E-state index in [1.807, 2.05) is 0 Å². The topological polar surface area (TPSA) is 37.3 Å². The van der Waals surface area contributed by atoms with Crippen LogP contribution in [0.3, 0.4) is 0 Å². The molecule has 2 nitrogen and oxygen atoms in total. The van der Waals surface area contributed by atoms with Crippen LogP contribution in [-0.2, 0) is 4.79 Å². The number of fused-ring (bicyclic) bond motifs is 5. The van der Waals surface area contributed by atoms with Crippen LogP contribution in [0.1, 0.15) is 58.8 Å². The minimum Gasteiger partial charge on any atom is -0.389 e. The van der Waals surface area contributed by atoms with E-state index >= 15 is 0 Å². The van der Waals surface area contributed by atoms with E-state index in [0.29, 0.717) is 23.5 Å². The third-order valence-corrected chi connectivity index (χ3v) is 7.48. The van der Waals surface area contributed by atoms with Crippen molar-refractivity contribution in [3.05, 3.63) is 11.6 Å². The highest BCUT2D eigenvalue weighted by Crippen LogP contribution is 2.62. The van der Waals surface area contributed by atoms with Gasteiger partial charge in [0.15, 0.2) is 0 Å². The number of allylic oxidation sites excluding steroid dienone is 1. The van der Waals surface area contributed by atoms with Gasteiger partial charge >= 0.3 is 0 Å². The molecule has 0 radical (unpaired) electrons. The lowest BCUT2D eigenvalue weighted by Crippen LogP contribution is -2.49. The second-order valence-electron chi connectivity index (χ2n) is 8.44. The molecule has 3 fully saturated rings. The first-order chi connectivity index (χ1) is 10.0. The Bertz CT molecular complexity index is 494. The normalized spacial score (nSPS) is 52.7. The van der Waals surface area contributed by atoms with Gasteiger partial charge in [0.1, 0.15) is 5.78 Å². The lowest BCUT2D eigenvalue weighted by atomic mass is 9.50. The van der Waals surface area contributed by atoms with Gasteiger partial charge in [0.25, 0.3) is 0 Å². The Morgan fingerprint density at radius 1 is 1.24 bits per heavy atom. The molecule has 0 aromatic carbocycles. The molecule has 4 rings (SSSR count). The largest absolute Gasteiger partial charge is 0.389 e. The van der Waals surface area contributed by atoms with E-state index in [0.717, 1.165) is 50.4 Å². The number of Topliss-reactive ketones (excluding diaryl/α,β-unsaturated/α-hetero) is 1. The molecule has 0 bridgehead atoms. The van der Waals surface area contributed by atoms with E-state index in [1.165, 1.54) is 12.0 Å². The Morgan fingerprint density at radius 2 is 2.05 bits per heavy atom. The molecule has 0 aromatic rings. The first kappa shape index (κ1) is 14.0. The minimum atomic E-state index is -0.207. The highest BCUT2D eigenvalue weighted by molar-refractivity contribution is 5.87. The number of ketones is 1. The molecule has 0 heterocycles. The van der Waals surface area contributed by atoms with Crippen LogP contribution in [0.4, 0.5) is 0 Å². The average molecular weight is 288 g/mol. The van der Waals surface area contributed by atoms with Crippen LogP contribution in [0.2, 0.25) is 0 Å². The zero-order valence-electron chi connectivity index (χ0n) is 13.3. The van der Waals surface area contributed by atoms with Gasteiger partial charge in [0.2, 0.25) is 0 Å². The summed E-state index contributed by atoms with van der Waals surface area (Å²) in [6.07, 6.45) is 9.51. The molecule has 1 N–H and O–H groups in total. The second-order valence-corrected chi connectivity index (χ2v) is 8.44. The van der Waals surface area contributed by atoms with Gasteiger partial charge in [-0.25, -0.2) is 0 Å². The molecule has 7 atom stereocenters. The predicted molar refractivity (Wildman–Crippen MR) is 82.6 cm³/mol. The Morgan fingerprint density at radius 3 is 2.86 bits per heavy atom. The van der Waals surface area contributed by atoms with E-state index < -0.39 is 0 Å². The van der Waals surface area contributed by atoms with Crippen molar-refractivity contribution in [2.75, 3.05) is 0 Å². The summed E-state index contributed by atoms with van der Waals surface area (Å²) in [4.78, 5) is 12.4.